The molecule has 0 N–H and O–H groups in total. The first kappa shape index (κ1) is 17.3. The van der Waals surface area contributed by atoms with Gasteiger partial charge in [0.25, 0.3) is 0 Å². The van der Waals surface area contributed by atoms with Crippen LogP contribution in [0.2, 0.25) is 0 Å². The van der Waals surface area contributed by atoms with Gasteiger partial charge >= 0.3 is 0 Å². The highest BCUT2D eigenvalue weighted by molar-refractivity contribution is 5.73. The Morgan fingerprint density at radius 2 is 1.85 bits per heavy atom. The zero-order valence-corrected chi connectivity index (χ0v) is 15.3. The van der Waals surface area contributed by atoms with Crippen LogP contribution in [-0.4, -0.2) is 48.6 Å². The second kappa shape index (κ2) is 7.65. The summed E-state index contributed by atoms with van der Waals surface area (Å²) in [5, 5.41) is 4.76. The Hall–Kier alpha value is -3.09. The molecule has 0 radical (unpaired) electrons. The molecule has 4 heterocycles. The molecule has 7 nitrogen and oxygen atoms in total. The average molecular weight is 362 g/mol. The lowest BCUT2D eigenvalue weighted by Gasteiger charge is -2.30. The summed E-state index contributed by atoms with van der Waals surface area (Å²) in [6, 6.07) is 7.85. The van der Waals surface area contributed by atoms with Crippen LogP contribution in [0.25, 0.3) is 5.69 Å². The summed E-state index contributed by atoms with van der Waals surface area (Å²) < 4.78 is 1.91. The highest BCUT2D eigenvalue weighted by Crippen LogP contribution is 2.28. The largest absolute Gasteiger partial charge is 0.343 e. The number of hydrogen-bond acceptors (Lipinski definition) is 5. The lowest BCUT2D eigenvalue weighted by atomic mass is 9.96. The first-order chi connectivity index (χ1) is 13.2. The molecule has 1 aliphatic heterocycles. The van der Waals surface area contributed by atoms with E-state index in [4.69, 9.17) is 10.1 Å². The van der Waals surface area contributed by atoms with Gasteiger partial charge in [0.2, 0.25) is 5.91 Å². The lowest BCUT2D eigenvalue weighted by Crippen LogP contribution is -2.36. The van der Waals surface area contributed by atoms with Crippen molar-refractivity contribution in [2.24, 2.45) is 0 Å². The van der Waals surface area contributed by atoms with Crippen LogP contribution >= 0.6 is 0 Å². The Morgan fingerprint density at radius 3 is 2.48 bits per heavy atom. The van der Waals surface area contributed by atoms with Crippen LogP contribution in [-0.2, 0) is 11.2 Å². The molecule has 0 aromatic carbocycles. The molecule has 0 atom stereocenters. The molecule has 0 aliphatic carbocycles. The third-order valence-corrected chi connectivity index (χ3v) is 4.96. The highest BCUT2D eigenvalue weighted by Gasteiger charge is 2.27. The van der Waals surface area contributed by atoms with E-state index >= 15 is 0 Å². The molecule has 1 aliphatic rings. The van der Waals surface area contributed by atoms with Gasteiger partial charge in [0, 0.05) is 50.9 Å². The molecule has 27 heavy (non-hydrogen) atoms. The molecular weight excluding hydrogens is 340 g/mol. The van der Waals surface area contributed by atoms with Gasteiger partial charge in [0.05, 0.1) is 11.9 Å². The zero-order valence-electron chi connectivity index (χ0n) is 15.3. The molecule has 0 spiro atoms. The number of carbonyl (C=O) groups excluding carboxylic acids is 1. The smallest absolute Gasteiger partial charge is 0.219 e. The van der Waals surface area contributed by atoms with Crippen molar-refractivity contribution in [3.05, 3.63) is 66.3 Å². The van der Waals surface area contributed by atoms with Crippen molar-refractivity contribution in [2.45, 2.75) is 32.1 Å². The van der Waals surface area contributed by atoms with Crippen LogP contribution in [0.3, 0.4) is 0 Å². The number of piperidine rings is 1. The SMILES string of the molecule is CC(=O)N1CCC(c2nc(Cc3cccnc3)nn2-c2cccnc2)CC1. The fourth-order valence-electron chi connectivity index (χ4n) is 3.51. The van der Waals surface area contributed by atoms with E-state index in [0.29, 0.717) is 6.42 Å². The van der Waals surface area contributed by atoms with Crippen molar-refractivity contribution in [1.82, 2.24) is 29.6 Å². The van der Waals surface area contributed by atoms with Crippen molar-refractivity contribution >= 4 is 5.91 Å². The highest BCUT2D eigenvalue weighted by atomic mass is 16.2. The quantitative estimate of drug-likeness (QED) is 0.712. The Labute approximate surface area is 158 Å². The number of nitrogens with zero attached hydrogens (tertiary/aromatic N) is 6. The summed E-state index contributed by atoms with van der Waals surface area (Å²) >= 11 is 0. The fourth-order valence-corrected chi connectivity index (χ4v) is 3.51. The molecule has 3 aromatic rings. The molecule has 0 unspecified atom stereocenters. The Kier molecular flexibility index (Phi) is 4.91. The fraction of sp³-hybridized carbons (Fsp3) is 0.350. The predicted molar refractivity (Wildman–Crippen MR) is 100 cm³/mol. The molecule has 0 saturated carbocycles. The number of hydrogen-bond donors (Lipinski definition) is 0. The van der Waals surface area contributed by atoms with E-state index in [9.17, 15) is 4.79 Å². The van der Waals surface area contributed by atoms with Crippen molar-refractivity contribution in [3.63, 3.8) is 0 Å². The van der Waals surface area contributed by atoms with E-state index in [1.807, 2.05) is 40.0 Å². The molecule has 3 aromatic heterocycles. The molecule has 138 valence electrons. The zero-order chi connectivity index (χ0) is 18.6. The molecule has 1 amide bonds. The number of aromatic nitrogens is 5. The molecule has 1 saturated heterocycles. The Morgan fingerprint density at radius 1 is 1.11 bits per heavy atom. The summed E-state index contributed by atoms with van der Waals surface area (Å²) in [5.41, 5.74) is 1.99. The van der Waals surface area contributed by atoms with Crippen LogP contribution in [0, 0.1) is 0 Å². The van der Waals surface area contributed by atoms with E-state index in [1.54, 1.807) is 25.5 Å². The third-order valence-electron chi connectivity index (χ3n) is 4.96. The maximum absolute atomic E-state index is 11.6. The van der Waals surface area contributed by atoms with Gasteiger partial charge in [0.15, 0.2) is 5.82 Å². The van der Waals surface area contributed by atoms with Gasteiger partial charge in [0.1, 0.15) is 5.82 Å². The Balaban J connectivity index is 1.64. The topological polar surface area (TPSA) is 76.8 Å². The predicted octanol–water partition coefficient (Wildman–Crippen LogP) is 2.37. The lowest BCUT2D eigenvalue weighted by molar-refractivity contribution is -0.129. The van der Waals surface area contributed by atoms with Crippen LogP contribution in [0.15, 0.2) is 49.1 Å². The van der Waals surface area contributed by atoms with Crippen LogP contribution < -0.4 is 0 Å². The second-order valence-electron chi connectivity index (χ2n) is 6.83. The van der Waals surface area contributed by atoms with E-state index < -0.39 is 0 Å². The van der Waals surface area contributed by atoms with Crippen LogP contribution in [0.4, 0.5) is 0 Å². The molecule has 7 heteroatoms. The molecule has 1 fully saturated rings. The van der Waals surface area contributed by atoms with Crippen molar-refractivity contribution < 1.29 is 4.79 Å². The van der Waals surface area contributed by atoms with Crippen molar-refractivity contribution in [3.8, 4) is 5.69 Å². The van der Waals surface area contributed by atoms with Gasteiger partial charge in [-0.25, -0.2) is 9.67 Å². The van der Waals surface area contributed by atoms with E-state index in [-0.39, 0.29) is 11.8 Å². The first-order valence-corrected chi connectivity index (χ1v) is 9.21. The summed E-state index contributed by atoms with van der Waals surface area (Å²) in [6.07, 6.45) is 9.59. The van der Waals surface area contributed by atoms with Gasteiger partial charge in [-0.05, 0) is 36.6 Å². The second-order valence-corrected chi connectivity index (χ2v) is 6.83. The summed E-state index contributed by atoms with van der Waals surface area (Å²) in [5.74, 6) is 2.14. The summed E-state index contributed by atoms with van der Waals surface area (Å²) in [4.78, 5) is 26.8. The minimum atomic E-state index is 0.138. The third kappa shape index (κ3) is 3.86. The van der Waals surface area contributed by atoms with Crippen LogP contribution in [0.1, 0.15) is 42.9 Å². The van der Waals surface area contributed by atoms with Crippen molar-refractivity contribution in [2.75, 3.05) is 13.1 Å². The monoisotopic (exact) mass is 362 g/mol. The number of carbonyl (C=O) groups is 1. The molecule has 0 bridgehead atoms. The van der Waals surface area contributed by atoms with Gasteiger partial charge in [-0.15, -0.1) is 0 Å². The minimum Gasteiger partial charge on any atom is -0.343 e. The normalized spacial score (nSPS) is 15.1. The van der Waals surface area contributed by atoms with E-state index in [1.165, 1.54) is 0 Å². The van der Waals surface area contributed by atoms with Gasteiger partial charge in [-0.3, -0.25) is 14.8 Å². The number of likely N-dealkylation sites (tertiary alicyclic amines) is 1. The maximum Gasteiger partial charge on any atom is 0.219 e. The summed E-state index contributed by atoms with van der Waals surface area (Å²) in [6.45, 7) is 3.15. The maximum atomic E-state index is 11.6. The van der Waals surface area contributed by atoms with Gasteiger partial charge in [-0.2, -0.15) is 5.10 Å². The van der Waals surface area contributed by atoms with E-state index in [2.05, 4.69) is 9.97 Å². The summed E-state index contributed by atoms with van der Waals surface area (Å²) in [7, 11) is 0. The number of pyridine rings is 2. The standard InChI is InChI=1S/C20H22N6O/c1-15(27)25-10-6-17(7-11-25)20-23-19(12-16-4-2-8-21-13-16)24-26(20)18-5-3-9-22-14-18/h2-5,8-9,13-14,17H,6-7,10-12H2,1H3. The number of rotatable bonds is 4. The van der Waals surface area contributed by atoms with Gasteiger partial charge < -0.3 is 4.90 Å². The first-order valence-electron chi connectivity index (χ1n) is 9.21. The van der Waals surface area contributed by atoms with Crippen LogP contribution in [0.5, 0.6) is 0 Å². The Bertz CT molecular complexity index is 901. The average Bonchev–Trinajstić information content (AvgIpc) is 3.13. The minimum absolute atomic E-state index is 0.138. The number of amides is 1. The van der Waals surface area contributed by atoms with Gasteiger partial charge in [-0.1, -0.05) is 6.07 Å². The van der Waals surface area contributed by atoms with Crippen molar-refractivity contribution in [1.29, 1.82) is 0 Å². The molecule has 4 rings (SSSR count). The van der Waals surface area contributed by atoms with E-state index in [0.717, 1.165) is 48.8 Å². The molecular formula is C20H22N6O.